The van der Waals surface area contributed by atoms with Crippen molar-refractivity contribution in [2.45, 2.75) is 90.1 Å². The van der Waals surface area contributed by atoms with Gasteiger partial charge in [-0.1, -0.05) is 57.6 Å². The average molecular weight is 338 g/mol. The van der Waals surface area contributed by atoms with Crippen LogP contribution in [0.15, 0.2) is 12.2 Å². The minimum absolute atomic E-state index is 0.101. The van der Waals surface area contributed by atoms with Crippen LogP contribution < -0.4 is 0 Å². The first-order valence-electron chi connectivity index (χ1n) is 9.65. The van der Waals surface area contributed by atoms with Gasteiger partial charge in [0.25, 0.3) is 0 Å². The van der Waals surface area contributed by atoms with E-state index in [9.17, 15) is 14.7 Å². The van der Waals surface area contributed by atoms with Gasteiger partial charge in [0.15, 0.2) is 0 Å². The molecule has 1 aliphatic rings. The van der Waals surface area contributed by atoms with E-state index in [1.165, 1.54) is 0 Å². The van der Waals surface area contributed by atoms with Crippen molar-refractivity contribution in [3.63, 3.8) is 0 Å². The molecule has 1 aliphatic carbocycles. The van der Waals surface area contributed by atoms with E-state index >= 15 is 0 Å². The van der Waals surface area contributed by atoms with Crippen LogP contribution in [0.3, 0.4) is 0 Å². The molecule has 1 saturated carbocycles. The Morgan fingerprint density at radius 3 is 2.67 bits per heavy atom. The maximum atomic E-state index is 12.1. The first-order valence-corrected chi connectivity index (χ1v) is 9.65. The summed E-state index contributed by atoms with van der Waals surface area (Å²) in [5.41, 5.74) is 0. The lowest BCUT2D eigenvalue weighted by Crippen LogP contribution is -2.14. The van der Waals surface area contributed by atoms with Gasteiger partial charge in [-0.15, -0.1) is 0 Å². The molecule has 0 aliphatic heterocycles. The predicted octanol–water partition coefficient (Wildman–Crippen LogP) is 4.50. The highest BCUT2D eigenvalue weighted by Crippen LogP contribution is 2.34. The van der Waals surface area contributed by atoms with Crippen molar-refractivity contribution in [1.29, 1.82) is 0 Å². The van der Waals surface area contributed by atoms with Crippen molar-refractivity contribution in [2.75, 3.05) is 0 Å². The summed E-state index contributed by atoms with van der Waals surface area (Å²) in [5, 5.41) is 18.6. The molecule has 0 spiro atoms. The van der Waals surface area contributed by atoms with Crippen LogP contribution >= 0.6 is 0 Å². The van der Waals surface area contributed by atoms with E-state index in [-0.39, 0.29) is 24.4 Å². The Hall–Kier alpha value is -1.16. The minimum atomic E-state index is -0.733. The van der Waals surface area contributed by atoms with Crippen molar-refractivity contribution in [1.82, 2.24) is 0 Å². The minimum Gasteiger partial charge on any atom is -0.481 e. The van der Waals surface area contributed by atoms with Crippen molar-refractivity contribution in [3.8, 4) is 0 Å². The van der Waals surface area contributed by atoms with Gasteiger partial charge >= 0.3 is 5.97 Å². The Bertz CT molecular complexity index is 402. The van der Waals surface area contributed by atoms with Gasteiger partial charge in [0, 0.05) is 18.8 Å². The fourth-order valence-electron chi connectivity index (χ4n) is 3.50. The Labute approximate surface area is 146 Å². The molecule has 0 aromatic rings. The number of rotatable bonds is 13. The van der Waals surface area contributed by atoms with Crippen LogP contribution in [0.5, 0.6) is 0 Å². The molecule has 0 bridgehead atoms. The number of hydrogen-bond acceptors (Lipinski definition) is 3. The number of Topliss-reactive ketones (excluding diaryl/α,β-unsaturated/α-hetero) is 1. The number of carbonyl (C=O) groups is 2. The first kappa shape index (κ1) is 20.9. The van der Waals surface area contributed by atoms with Crippen LogP contribution in [-0.2, 0) is 9.59 Å². The van der Waals surface area contributed by atoms with Gasteiger partial charge in [0.1, 0.15) is 5.78 Å². The molecule has 0 heterocycles. The molecule has 0 saturated heterocycles. The van der Waals surface area contributed by atoms with E-state index in [4.69, 9.17) is 5.11 Å². The largest absolute Gasteiger partial charge is 0.481 e. The summed E-state index contributed by atoms with van der Waals surface area (Å²) in [6.45, 7) is 2.15. The Balaban J connectivity index is 2.28. The summed E-state index contributed by atoms with van der Waals surface area (Å²) in [7, 11) is 0. The number of carbonyl (C=O) groups excluding carboxylic acids is 1. The summed E-state index contributed by atoms with van der Waals surface area (Å²) in [6, 6.07) is 0. The number of aliphatic hydroxyl groups is 1. The molecule has 0 aromatic heterocycles. The zero-order valence-electron chi connectivity index (χ0n) is 15.1. The van der Waals surface area contributed by atoms with Gasteiger partial charge < -0.3 is 10.2 Å². The van der Waals surface area contributed by atoms with Crippen LogP contribution in [-0.4, -0.2) is 28.1 Å². The lowest BCUT2D eigenvalue weighted by molar-refractivity contribution is -0.137. The molecule has 0 radical (unpaired) electrons. The molecule has 4 nitrogen and oxygen atoms in total. The molecule has 0 amide bonds. The molecule has 0 unspecified atom stereocenters. The summed E-state index contributed by atoms with van der Waals surface area (Å²) in [6.07, 6.45) is 14.0. The van der Waals surface area contributed by atoms with Gasteiger partial charge in [-0.05, 0) is 31.6 Å². The molecule has 138 valence electrons. The molecular weight excluding hydrogens is 304 g/mol. The summed E-state index contributed by atoms with van der Waals surface area (Å²) in [5.74, 6) is 0.000218. The first-order chi connectivity index (χ1) is 11.5. The summed E-state index contributed by atoms with van der Waals surface area (Å²) in [4.78, 5) is 22.5. The van der Waals surface area contributed by atoms with Gasteiger partial charge in [0.05, 0.1) is 6.10 Å². The number of aliphatic hydroxyl groups excluding tert-OH is 1. The molecule has 1 fully saturated rings. The number of carboxylic acid groups (broad SMARTS) is 1. The average Bonchev–Trinajstić information content (AvgIpc) is 2.89. The lowest BCUT2D eigenvalue weighted by atomic mass is 9.89. The van der Waals surface area contributed by atoms with Gasteiger partial charge in [-0.25, -0.2) is 0 Å². The number of allylic oxidation sites excluding steroid dienone is 1. The fourth-order valence-corrected chi connectivity index (χ4v) is 3.50. The molecule has 4 heteroatoms. The fraction of sp³-hybridized carbons (Fsp3) is 0.800. The Morgan fingerprint density at radius 1 is 1.21 bits per heavy atom. The molecular formula is C20H34O4. The molecule has 1 rings (SSSR count). The van der Waals surface area contributed by atoms with Crippen LogP contribution in [0.1, 0.15) is 84.0 Å². The third kappa shape index (κ3) is 8.62. The molecule has 0 aromatic carbocycles. The highest BCUT2D eigenvalue weighted by atomic mass is 16.4. The second-order valence-corrected chi connectivity index (χ2v) is 7.07. The highest BCUT2D eigenvalue weighted by Gasteiger charge is 2.32. The predicted molar refractivity (Wildman–Crippen MR) is 95.8 cm³/mol. The zero-order chi connectivity index (χ0) is 17.8. The van der Waals surface area contributed by atoms with Crippen molar-refractivity contribution < 1.29 is 19.8 Å². The standard InChI is InChI=1S/C20H34O4/c1-2-3-6-9-17(21)14-12-16-13-15-19(22)18(16)10-7-4-5-8-11-20(23)24/h12,14,16-18,21H,2-11,13,15H2,1H3,(H,23,24)/t16-,17-,18+/m0/s1. The second kappa shape index (κ2) is 12.2. The van der Waals surface area contributed by atoms with E-state index in [2.05, 4.69) is 13.0 Å². The molecule has 3 atom stereocenters. The smallest absolute Gasteiger partial charge is 0.303 e. The monoisotopic (exact) mass is 338 g/mol. The zero-order valence-corrected chi connectivity index (χ0v) is 15.1. The van der Waals surface area contributed by atoms with Gasteiger partial charge in [-0.3, -0.25) is 9.59 Å². The van der Waals surface area contributed by atoms with Crippen LogP contribution in [0, 0.1) is 11.8 Å². The van der Waals surface area contributed by atoms with Crippen molar-refractivity contribution in [3.05, 3.63) is 12.2 Å². The van der Waals surface area contributed by atoms with E-state index in [1.54, 1.807) is 0 Å². The summed E-state index contributed by atoms with van der Waals surface area (Å²) >= 11 is 0. The van der Waals surface area contributed by atoms with E-state index in [0.717, 1.165) is 64.2 Å². The van der Waals surface area contributed by atoms with Crippen LogP contribution in [0.4, 0.5) is 0 Å². The normalized spacial score (nSPS) is 22.3. The number of unbranched alkanes of at least 4 members (excludes halogenated alkanes) is 5. The van der Waals surface area contributed by atoms with Crippen LogP contribution in [0.2, 0.25) is 0 Å². The molecule has 2 N–H and O–H groups in total. The summed E-state index contributed by atoms with van der Waals surface area (Å²) < 4.78 is 0. The SMILES string of the molecule is CCCCC[C@H](O)C=C[C@H]1CCC(=O)[C@@H]1CCCCCCC(=O)O. The maximum absolute atomic E-state index is 12.1. The number of ketones is 1. The molecule has 24 heavy (non-hydrogen) atoms. The van der Waals surface area contributed by atoms with Crippen LogP contribution in [0.25, 0.3) is 0 Å². The highest BCUT2D eigenvalue weighted by molar-refractivity contribution is 5.83. The second-order valence-electron chi connectivity index (χ2n) is 7.07. The Kier molecular flexibility index (Phi) is 10.6. The number of aliphatic carboxylic acids is 1. The third-order valence-electron chi connectivity index (χ3n) is 4.99. The van der Waals surface area contributed by atoms with Crippen molar-refractivity contribution >= 4 is 11.8 Å². The Morgan fingerprint density at radius 2 is 1.96 bits per heavy atom. The third-order valence-corrected chi connectivity index (χ3v) is 4.99. The number of carboxylic acids is 1. The van der Waals surface area contributed by atoms with E-state index in [1.807, 2.05) is 6.08 Å². The number of hydrogen-bond donors (Lipinski definition) is 2. The topological polar surface area (TPSA) is 74.6 Å². The quantitative estimate of drug-likeness (QED) is 0.383. The maximum Gasteiger partial charge on any atom is 0.303 e. The van der Waals surface area contributed by atoms with E-state index in [0.29, 0.717) is 12.2 Å². The van der Waals surface area contributed by atoms with E-state index < -0.39 is 5.97 Å². The van der Waals surface area contributed by atoms with Gasteiger partial charge in [-0.2, -0.15) is 0 Å². The van der Waals surface area contributed by atoms with Crippen molar-refractivity contribution in [2.24, 2.45) is 11.8 Å². The van der Waals surface area contributed by atoms with Gasteiger partial charge in [0.2, 0.25) is 0 Å². The lowest BCUT2D eigenvalue weighted by Gasteiger charge is -2.15.